The van der Waals surface area contributed by atoms with E-state index < -0.39 is 0 Å². The van der Waals surface area contributed by atoms with Crippen molar-refractivity contribution in [3.63, 3.8) is 0 Å². The van der Waals surface area contributed by atoms with E-state index in [0.717, 1.165) is 11.0 Å². The van der Waals surface area contributed by atoms with E-state index in [0.29, 0.717) is 18.8 Å². The normalized spacial score (nSPS) is 19.7. The van der Waals surface area contributed by atoms with Crippen LogP contribution in [-0.4, -0.2) is 32.2 Å². The number of carbonyl (C=O) groups excluding carboxylic acids is 1. The van der Waals surface area contributed by atoms with Crippen molar-refractivity contribution in [1.29, 1.82) is 0 Å². The van der Waals surface area contributed by atoms with Crippen molar-refractivity contribution in [3.8, 4) is 0 Å². The molecule has 1 unspecified atom stereocenters. The summed E-state index contributed by atoms with van der Waals surface area (Å²) in [5.74, 6) is 0.908. The van der Waals surface area contributed by atoms with E-state index in [9.17, 15) is 4.79 Å². The number of aryl methyl sites for hydroxylation is 1. The molecule has 0 N–H and O–H groups in total. The van der Waals surface area contributed by atoms with Crippen LogP contribution in [0.1, 0.15) is 6.42 Å². The highest BCUT2D eigenvalue weighted by Crippen LogP contribution is 2.28. The SMILES string of the molecule is C=CC1CC(=O)N(c2ncnc3c2cnn3C)C1. The lowest BCUT2D eigenvalue weighted by molar-refractivity contribution is -0.117. The number of fused-ring (bicyclic) bond motifs is 1. The van der Waals surface area contributed by atoms with E-state index >= 15 is 0 Å². The Kier molecular flexibility index (Phi) is 2.36. The Bertz CT molecular complexity index is 632. The number of anilines is 1. The molecule has 0 aromatic carbocycles. The van der Waals surface area contributed by atoms with E-state index in [1.54, 1.807) is 15.8 Å². The number of rotatable bonds is 2. The van der Waals surface area contributed by atoms with Gasteiger partial charge < -0.3 is 0 Å². The second kappa shape index (κ2) is 3.90. The molecule has 0 saturated carbocycles. The Balaban J connectivity index is 2.09. The topological polar surface area (TPSA) is 63.9 Å². The molecule has 1 amide bonds. The molecule has 2 aromatic heterocycles. The summed E-state index contributed by atoms with van der Waals surface area (Å²) in [6, 6.07) is 0. The van der Waals surface area contributed by atoms with Gasteiger partial charge in [-0.25, -0.2) is 9.97 Å². The molecule has 1 saturated heterocycles. The van der Waals surface area contributed by atoms with Crippen LogP contribution in [0.3, 0.4) is 0 Å². The fourth-order valence-electron chi connectivity index (χ4n) is 2.26. The number of hydrogen-bond donors (Lipinski definition) is 0. The van der Waals surface area contributed by atoms with Gasteiger partial charge in [-0.1, -0.05) is 6.08 Å². The Morgan fingerprint density at radius 2 is 2.33 bits per heavy atom. The van der Waals surface area contributed by atoms with Crippen LogP contribution in [0.5, 0.6) is 0 Å². The number of hydrogen-bond acceptors (Lipinski definition) is 4. The minimum Gasteiger partial charge on any atom is -0.295 e. The van der Waals surface area contributed by atoms with Crippen LogP contribution in [0.15, 0.2) is 25.2 Å². The van der Waals surface area contributed by atoms with Gasteiger partial charge in [0.15, 0.2) is 5.65 Å². The highest BCUT2D eigenvalue weighted by atomic mass is 16.2. The maximum absolute atomic E-state index is 12.0. The average Bonchev–Trinajstić information content (AvgIpc) is 2.93. The van der Waals surface area contributed by atoms with Crippen LogP contribution < -0.4 is 4.90 Å². The molecule has 1 fully saturated rings. The zero-order chi connectivity index (χ0) is 12.7. The largest absolute Gasteiger partial charge is 0.295 e. The minimum absolute atomic E-state index is 0.0729. The van der Waals surface area contributed by atoms with Gasteiger partial charge in [0.25, 0.3) is 0 Å². The van der Waals surface area contributed by atoms with Crippen molar-refractivity contribution in [1.82, 2.24) is 19.7 Å². The Labute approximate surface area is 104 Å². The lowest BCUT2D eigenvalue weighted by Crippen LogP contribution is -2.25. The Morgan fingerprint density at radius 1 is 1.50 bits per heavy atom. The predicted molar refractivity (Wildman–Crippen MR) is 67.0 cm³/mol. The molecular weight excluding hydrogens is 230 g/mol. The molecular formula is C12H13N5O. The highest BCUT2D eigenvalue weighted by Gasteiger charge is 2.31. The number of amides is 1. The van der Waals surface area contributed by atoms with Crippen LogP contribution in [0, 0.1) is 5.92 Å². The summed E-state index contributed by atoms with van der Waals surface area (Å²) in [4.78, 5) is 22.1. The van der Waals surface area contributed by atoms with Gasteiger partial charge in [-0.05, 0) is 0 Å². The summed E-state index contributed by atoms with van der Waals surface area (Å²) in [6.45, 7) is 4.37. The van der Waals surface area contributed by atoms with E-state index in [1.165, 1.54) is 6.33 Å². The number of nitrogens with zero attached hydrogens (tertiary/aromatic N) is 5. The van der Waals surface area contributed by atoms with Crippen molar-refractivity contribution >= 4 is 22.8 Å². The molecule has 1 aliphatic rings. The molecule has 92 valence electrons. The molecule has 6 heteroatoms. The van der Waals surface area contributed by atoms with Gasteiger partial charge in [0.1, 0.15) is 12.1 Å². The van der Waals surface area contributed by atoms with Gasteiger partial charge in [0.2, 0.25) is 5.91 Å². The smallest absolute Gasteiger partial charge is 0.228 e. The van der Waals surface area contributed by atoms with E-state index in [-0.39, 0.29) is 11.8 Å². The molecule has 0 bridgehead atoms. The van der Waals surface area contributed by atoms with Crippen molar-refractivity contribution in [2.75, 3.05) is 11.4 Å². The lowest BCUT2D eigenvalue weighted by Gasteiger charge is -2.15. The minimum atomic E-state index is 0.0729. The maximum atomic E-state index is 12.0. The molecule has 6 nitrogen and oxygen atoms in total. The van der Waals surface area contributed by atoms with Crippen LogP contribution in [0.4, 0.5) is 5.82 Å². The van der Waals surface area contributed by atoms with Gasteiger partial charge in [-0.3, -0.25) is 14.4 Å². The fraction of sp³-hybridized carbons (Fsp3) is 0.333. The second-order valence-corrected chi connectivity index (χ2v) is 4.41. The molecule has 18 heavy (non-hydrogen) atoms. The molecule has 1 aliphatic heterocycles. The molecule has 3 rings (SSSR count). The molecule has 0 aliphatic carbocycles. The third kappa shape index (κ3) is 1.49. The van der Waals surface area contributed by atoms with Crippen molar-refractivity contribution in [2.45, 2.75) is 6.42 Å². The summed E-state index contributed by atoms with van der Waals surface area (Å²) < 4.78 is 1.67. The zero-order valence-corrected chi connectivity index (χ0v) is 10.1. The summed E-state index contributed by atoms with van der Waals surface area (Å²) in [5, 5.41) is 4.95. The van der Waals surface area contributed by atoms with Crippen LogP contribution >= 0.6 is 0 Å². The highest BCUT2D eigenvalue weighted by molar-refractivity contribution is 6.01. The van der Waals surface area contributed by atoms with Crippen molar-refractivity contribution in [3.05, 3.63) is 25.2 Å². The summed E-state index contributed by atoms with van der Waals surface area (Å²) in [7, 11) is 1.82. The standard InChI is InChI=1S/C12H13N5O/c1-3-8-4-10(18)17(6-8)12-9-5-15-16(2)11(9)13-7-14-12/h3,5,7-8H,1,4,6H2,2H3. The molecule has 2 aromatic rings. The van der Waals surface area contributed by atoms with Gasteiger partial charge in [0.05, 0.1) is 11.6 Å². The first kappa shape index (κ1) is 10.9. The summed E-state index contributed by atoms with van der Waals surface area (Å²) in [6.07, 6.45) is 5.47. The van der Waals surface area contributed by atoms with Crippen molar-refractivity contribution < 1.29 is 4.79 Å². The van der Waals surface area contributed by atoms with Gasteiger partial charge in [-0.15, -0.1) is 6.58 Å². The third-order valence-electron chi connectivity index (χ3n) is 3.25. The Hall–Kier alpha value is -2.24. The first-order valence-electron chi connectivity index (χ1n) is 5.76. The number of carbonyl (C=O) groups is 1. The average molecular weight is 243 g/mol. The van der Waals surface area contributed by atoms with E-state index in [4.69, 9.17) is 0 Å². The summed E-state index contributed by atoms with van der Waals surface area (Å²) >= 11 is 0. The van der Waals surface area contributed by atoms with E-state index in [1.807, 2.05) is 13.1 Å². The first-order chi connectivity index (χ1) is 8.70. The zero-order valence-electron chi connectivity index (χ0n) is 10.1. The molecule has 0 spiro atoms. The number of aromatic nitrogens is 4. The molecule has 3 heterocycles. The molecule has 1 atom stereocenters. The maximum Gasteiger partial charge on any atom is 0.228 e. The van der Waals surface area contributed by atoms with Crippen molar-refractivity contribution in [2.24, 2.45) is 13.0 Å². The van der Waals surface area contributed by atoms with Crippen LogP contribution in [0.25, 0.3) is 11.0 Å². The quantitative estimate of drug-likeness (QED) is 0.735. The second-order valence-electron chi connectivity index (χ2n) is 4.41. The third-order valence-corrected chi connectivity index (χ3v) is 3.25. The van der Waals surface area contributed by atoms with Gasteiger partial charge in [0, 0.05) is 25.9 Å². The summed E-state index contributed by atoms with van der Waals surface area (Å²) in [5.41, 5.74) is 0.731. The van der Waals surface area contributed by atoms with Crippen LogP contribution in [0.2, 0.25) is 0 Å². The van der Waals surface area contributed by atoms with Crippen LogP contribution in [-0.2, 0) is 11.8 Å². The Morgan fingerprint density at radius 3 is 3.06 bits per heavy atom. The lowest BCUT2D eigenvalue weighted by atomic mass is 10.1. The predicted octanol–water partition coefficient (Wildman–Crippen LogP) is 0.902. The molecule has 0 radical (unpaired) electrons. The first-order valence-corrected chi connectivity index (χ1v) is 5.76. The van der Waals surface area contributed by atoms with Gasteiger partial charge >= 0.3 is 0 Å². The van der Waals surface area contributed by atoms with Gasteiger partial charge in [-0.2, -0.15) is 5.10 Å². The fourth-order valence-corrected chi connectivity index (χ4v) is 2.26. The monoisotopic (exact) mass is 243 g/mol. The van der Waals surface area contributed by atoms with E-state index in [2.05, 4.69) is 21.6 Å².